The molecule has 3 heteroatoms. The molecule has 1 heterocycles. The van der Waals surface area contributed by atoms with Gasteiger partial charge in [-0.1, -0.05) is 0 Å². The second kappa shape index (κ2) is 4.22. The van der Waals surface area contributed by atoms with Gasteiger partial charge in [0, 0.05) is 45.3 Å². The topological polar surface area (TPSA) is 27.3 Å². The first-order chi connectivity index (χ1) is 8.43. The highest BCUT2D eigenvalue weighted by Gasteiger charge is 2.64. The molecule has 0 radical (unpaired) electrons. The number of nitrogens with one attached hydrogen (secondary N) is 2. The molecular formula is C14H25N3. The third-order valence-corrected chi connectivity index (χ3v) is 5.75. The molecule has 4 unspecified atom stereocenters. The summed E-state index contributed by atoms with van der Waals surface area (Å²) in [5, 5.41) is 7.26. The van der Waals surface area contributed by atoms with Crippen molar-refractivity contribution in [2.75, 3.05) is 39.3 Å². The molecule has 3 nitrogen and oxygen atoms in total. The van der Waals surface area contributed by atoms with E-state index in [4.69, 9.17) is 0 Å². The van der Waals surface area contributed by atoms with Crippen molar-refractivity contribution in [2.24, 2.45) is 23.7 Å². The van der Waals surface area contributed by atoms with Crippen LogP contribution >= 0.6 is 0 Å². The highest BCUT2D eigenvalue weighted by atomic mass is 15.2. The summed E-state index contributed by atoms with van der Waals surface area (Å²) in [7, 11) is 0. The predicted octanol–water partition coefficient (Wildman–Crippen LogP) is 0.526. The van der Waals surface area contributed by atoms with E-state index in [1.807, 2.05) is 0 Å². The zero-order valence-electron chi connectivity index (χ0n) is 10.7. The van der Waals surface area contributed by atoms with E-state index in [-0.39, 0.29) is 0 Å². The Labute approximate surface area is 104 Å². The number of hydrogen-bond acceptors (Lipinski definition) is 3. The van der Waals surface area contributed by atoms with Crippen LogP contribution in [0.25, 0.3) is 0 Å². The molecule has 4 aliphatic rings. The molecule has 0 aromatic heterocycles. The van der Waals surface area contributed by atoms with Crippen molar-refractivity contribution in [3.8, 4) is 0 Å². The zero-order valence-corrected chi connectivity index (χ0v) is 10.7. The van der Waals surface area contributed by atoms with E-state index < -0.39 is 0 Å². The van der Waals surface area contributed by atoms with Gasteiger partial charge < -0.3 is 10.6 Å². The van der Waals surface area contributed by atoms with Crippen molar-refractivity contribution in [1.82, 2.24) is 15.5 Å². The highest BCUT2D eigenvalue weighted by molar-refractivity contribution is 5.16. The third-order valence-electron chi connectivity index (χ3n) is 5.75. The minimum absolute atomic E-state index is 0.921. The molecule has 17 heavy (non-hydrogen) atoms. The molecule has 4 atom stereocenters. The Kier molecular flexibility index (Phi) is 2.67. The van der Waals surface area contributed by atoms with Gasteiger partial charge in [0.05, 0.1) is 0 Å². The van der Waals surface area contributed by atoms with E-state index in [9.17, 15) is 0 Å². The quantitative estimate of drug-likeness (QED) is 0.744. The van der Waals surface area contributed by atoms with Crippen molar-refractivity contribution < 1.29 is 0 Å². The van der Waals surface area contributed by atoms with Gasteiger partial charge in [-0.05, 0) is 42.9 Å². The van der Waals surface area contributed by atoms with Gasteiger partial charge in [-0.3, -0.25) is 4.90 Å². The van der Waals surface area contributed by atoms with Crippen molar-refractivity contribution in [3.63, 3.8) is 0 Å². The first-order valence-corrected chi connectivity index (χ1v) is 7.60. The highest BCUT2D eigenvalue weighted by Crippen LogP contribution is 2.65. The standard InChI is InChI=1S/C14H25N3/c1-2-11-9-10(1)12-13(11)14(12)16-5-8-17-6-3-15-4-7-17/h10-16H,1-9H2. The zero-order chi connectivity index (χ0) is 11.2. The van der Waals surface area contributed by atoms with Crippen LogP contribution in [0.2, 0.25) is 0 Å². The second-order valence-electron chi connectivity index (χ2n) is 6.56. The lowest BCUT2D eigenvalue weighted by Crippen LogP contribution is -2.46. The summed E-state index contributed by atoms with van der Waals surface area (Å²) < 4.78 is 0. The fraction of sp³-hybridized carbons (Fsp3) is 1.00. The molecule has 4 fully saturated rings. The van der Waals surface area contributed by atoms with Gasteiger partial charge in [-0.15, -0.1) is 0 Å². The molecule has 96 valence electrons. The smallest absolute Gasteiger partial charge is 0.0136 e. The largest absolute Gasteiger partial charge is 0.314 e. The normalized spacial score (nSPS) is 48.4. The van der Waals surface area contributed by atoms with Gasteiger partial charge in [-0.25, -0.2) is 0 Å². The molecule has 0 aromatic carbocycles. The summed E-state index contributed by atoms with van der Waals surface area (Å²) in [4.78, 5) is 2.59. The van der Waals surface area contributed by atoms with Crippen LogP contribution < -0.4 is 10.6 Å². The first-order valence-electron chi connectivity index (χ1n) is 7.60. The Hall–Kier alpha value is -0.120. The number of piperazine rings is 1. The third kappa shape index (κ3) is 1.83. The number of rotatable bonds is 4. The summed E-state index contributed by atoms with van der Waals surface area (Å²) in [6, 6.07) is 0.921. The van der Waals surface area contributed by atoms with Crippen molar-refractivity contribution >= 4 is 0 Å². The molecule has 1 aliphatic heterocycles. The molecule has 4 rings (SSSR count). The maximum atomic E-state index is 3.84. The van der Waals surface area contributed by atoms with Crippen molar-refractivity contribution in [3.05, 3.63) is 0 Å². The number of fused-ring (bicyclic) bond motifs is 5. The Bertz CT molecular complexity index is 271. The van der Waals surface area contributed by atoms with Crippen LogP contribution in [0.5, 0.6) is 0 Å². The summed E-state index contributed by atoms with van der Waals surface area (Å²) >= 11 is 0. The average Bonchev–Trinajstić information content (AvgIpc) is 2.78. The predicted molar refractivity (Wildman–Crippen MR) is 68.9 cm³/mol. The van der Waals surface area contributed by atoms with Crippen LogP contribution in [0.1, 0.15) is 19.3 Å². The van der Waals surface area contributed by atoms with Crippen LogP contribution in [0, 0.1) is 23.7 Å². The first kappa shape index (κ1) is 10.8. The van der Waals surface area contributed by atoms with Crippen molar-refractivity contribution in [1.29, 1.82) is 0 Å². The second-order valence-corrected chi connectivity index (χ2v) is 6.56. The van der Waals surface area contributed by atoms with E-state index in [1.165, 1.54) is 39.3 Å². The molecule has 3 aliphatic carbocycles. The van der Waals surface area contributed by atoms with Crippen LogP contribution in [0.3, 0.4) is 0 Å². The van der Waals surface area contributed by atoms with E-state index >= 15 is 0 Å². The monoisotopic (exact) mass is 235 g/mol. The molecule has 3 saturated carbocycles. The van der Waals surface area contributed by atoms with Crippen LogP contribution in [-0.2, 0) is 0 Å². The molecule has 0 aromatic rings. The maximum Gasteiger partial charge on any atom is 0.0136 e. The minimum atomic E-state index is 0.921. The summed E-state index contributed by atoms with van der Waals surface area (Å²) in [5.74, 6) is 4.41. The lowest BCUT2D eigenvalue weighted by atomic mass is 10.0. The lowest BCUT2D eigenvalue weighted by Gasteiger charge is -2.27. The fourth-order valence-electron chi connectivity index (χ4n) is 4.92. The molecule has 2 N–H and O–H groups in total. The van der Waals surface area contributed by atoms with Gasteiger partial charge in [0.25, 0.3) is 0 Å². The van der Waals surface area contributed by atoms with Crippen LogP contribution in [-0.4, -0.2) is 50.2 Å². The van der Waals surface area contributed by atoms with E-state index in [1.54, 1.807) is 19.3 Å². The van der Waals surface area contributed by atoms with Gasteiger partial charge >= 0.3 is 0 Å². The fourth-order valence-corrected chi connectivity index (χ4v) is 4.92. The summed E-state index contributed by atoms with van der Waals surface area (Å²) in [5.41, 5.74) is 0. The Morgan fingerprint density at radius 1 is 1.06 bits per heavy atom. The number of nitrogens with zero attached hydrogens (tertiary/aromatic N) is 1. The van der Waals surface area contributed by atoms with Gasteiger partial charge in [0.2, 0.25) is 0 Å². The number of hydrogen-bond donors (Lipinski definition) is 2. The SMILES string of the molecule is C1CN(CCNC2C3C4CCC(C4)C23)CCN1. The summed E-state index contributed by atoms with van der Waals surface area (Å²) in [6.45, 7) is 7.32. The Morgan fingerprint density at radius 2 is 1.76 bits per heavy atom. The minimum Gasteiger partial charge on any atom is -0.314 e. The van der Waals surface area contributed by atoms with E-state index in [0.29, 0.717) is 0 Å². The van der Waals surface area contributed by atoms with Gasteiger partial charge in [-0.2, -0.15) is 0 Å². The molecule has 2 bridgehead atoms. The van der Waals surface area contributed by atoms with Gasteiger partial charge in [0.15, 0.2) is 0 Å². The van der Waals surface area contributed by atoms with Crippen LogP contribution in [0.15, 0.2) is 0 Å². The molecule has 0 spiro atoms. The molecule has 1 saturated heterocycles. The maximum absolute atomic E-state index is 3.84. The average molecular weight is 235 g/mol. The Morgan fingerprint density at radius 3 is 2.47 bits per heavy atom. The van der Waals surface area contributed by atoms with E-state index in [2.05, 4.69) is 15.5 Å². The van der Waals surface area contributed by atoms with E-state index in [0.717, 1.165) is 29.7 Å². The van der Waals surface area contributed by atoms with Gasteiger partial charge in [0.1, 0.15) is 0 Å². The lowest BCUT2D eigenvalue weighted by molar-refractivity contribution is 0.239. The molecule has 0 amide bonds. The molecular weight excluding hydrogens is 210 g/mol. The summed E-state index contributed by atoms with van der Waals surface area (Å²) in [6.07, 6.45) is 4.66. The Balaban J connectivity index is 1.20. The van der Waals surface area contributed by atoms with Crippen LogP contribution in [0.4, 0.5) is 0 Å². The van der Waals surface area contributed by atoms with Crippen molar-refractivity contribution in [2.45, 2.75) is 25.3 Å².